The molecule has 0 saturated carbocycles. The molecular formula is C16H15BrF3N. The van der Waals surface area contributed by atoms with Gasteiger partial charge in [0.2, 0.25) is 0 Å². The molecule has 0 aliphatic heterocycles. The number of aryl methyl sites for hydroxylation is 1. The van der Waals surface area contributed by atoms with Crippen LogP contribution in [-0.4, -0.2) is 7.05 Å². The minimum Gasteiger partial charge on any atom is -0.313 e. The Morgan fingerprint density at radius 1 is 1.10 bits per heavy atom. The van der Waals surface area contributed by atoms with Gasteiger partial charge < -0.3 is 5.32 Å². The van der Waals surface area contributed by atoms with Crippen molar-refractivity contribution in [3.05, 3.63) is 68.9 Å². The lowest BCUT2D eigenvalue weighted by Crippen LogP contribution is -2.22. The summed E-state index contributed by atoms with van der Waals surface area (Å²) in [5, 5.41) is 2.92. The molecule has 0 aliphatic carbocycles. The second-order valence-electron chi connectivity index (χ2n) is 4.89. The predicted octanol–water partition coefficient (Wildman–Crippen LogP) is 4.68. The van der Waals surface area contributed by atoms with E-state index in [1.807, 2.05) is 0 Å². The highest BCUT2D eigenvalue weighted by Gasteiger charge is 2.21. The van der Waals surface area contributed by atoms with Crippen LogP contribution in [0.4, 0.5) is 13.2 Å². The van der Waals surface area contributed by atoms with Gasteiger partial charge in [-0.3, -0.25) is 0 Å². The third-order valence-corrected chi connectivity index (χ3v) is 4.05. The molecule has 0 fully saturated rings. The molecule has 21 heavy (non-hydrogen) atoms. The zero-order valence-electron chi connectivity index (χ0n) is 11.7. The van der Waals surface area contributed by atoms with Gasteiger partial charge in [-0.25, -0.2) is 13.2 Å². The highest BCUT2D eigenvalue weighted by Crippen LogP contribution is 2.27. The average molecular weight is 358 g/mol. The molecule has 1 N–H and O–H groups in total. The van der Waals surface area contributed by atoms with Gasteiger partial charge in [-0.15, -0.1) is 0 Å². The molecular weight excluding hydrogens is 343 g/mol. The lowest BCUT2D eigenvalue weighted by Gasteiger charge is -2.19. The van der Waals surface area contributed by atoms with Crippen LogP contribution in [0.1, 0.15) is 22.7 Å². The van der Waals surface area contributed by atoms with Crippen molar-refractivity contribution >= 4 is 15.9 Å². The number of hydrogen-bond acceptors (Lipinski definition) is 1. The van der Waals surface area contributed by atoms with E-state index in [2.05, 4.69) is 21.2 Å². The van der Waals surface area contributed by atoms with Gasteiger partial charge in [-0.05, 0) is 65.6 Å². The maximum Gasteiger partial charge on any atom is 0.137 e. The number of nitrogens with one attached hydrogen (secondary N) is 1. The Hall–Kier alpha value is -1.33. The molecule has 1 nitrogen and oxygen atoms in total. The quantitative estimate of drug-likeness (QED) is 0.837. The Balaban J connectivity index is 2.36. The summed E-state index contributed by atoms with van der Waals surface area (Å²) in [7, 11) is 1.64. The number of hydrogen-bond donors (Lipinski definition) is 1. The fourth-order valence-electron chi connectivity index (χ4n) is 2.25. The van der Waals surface area contributed by atoms with Gasteiger partial charge in [0, 0.05) is 11.6 Å². The second kappa shape index (κ2) is 6.62. The summed E-state index contributed by atoms with van der Waals surface area (Å²) in [4.78, 5) is 0. The van der Waals surface area contributed by atoms with Gasteiger partial charge in [0.1, 0.15) is 17.5 Å². The van der Waals surface area contributed by atoms with Crippen LogP contribution in [0.3, 0.4) is 0 Å². The van der Waals surface area contributed by atoms with Crippen molar-refractivity contribution in [3.63, 3.8) is 0 Å². The van der Waals surface area contributed by atoms with E-state index in [1.165, 1.54) is 18.2 Å². The van der Waals surface area contributed by atoms with Gasteiger partial charge in [-0.2, -0.15) is 0 Å². The molecule has 0 bridgehead atoms. The van der Waals surface area contributed by atoms with E-state index in [4.69, 9.17) is 0 Å². The summed E-state index contributed by atoms with van der Waals surface area (Å²) in [5.74, 6) is -1.50. The Morgan fingerprint density at radius 2 is 1.76 bits per heavy atom. The van der Waals surface area contributed by atoms with E-state index in [9.17, 15) is 13.2 Å². The molecule has 112 valence electrons. The van der Waals surface area contributed by atoms with Crippen molar-refractivity contribution in [1.82, 2.24) is 5.32 Å². The molecule has 0 aromatic heterocycles. The van der Waals surface area contributed by atoms with Crippen LogP contribution in [0.25, 0.3) is 0 Å². The highest BCUT2D eigenvalue weighted by molar-refractivity contribution is 9.10. The SMILES string of the molecule is CNC(Cc1ccc(F)c(Br)c1)c1c(F)ccc(C)c1F. The minimum atomic E-state index is -0.585. The van der Waals surface area contributed by atoms with Crippen LogP contribution in [0.15, 0.2) is 34.8 Å². The third-order valence-electron chi connectivity index (χ3n) is 3.44. The molecule has 0 radical (unpaired) electrons. The lowest BCUT2D eigenvalue weighted by atomic mass is 9.96. The number of benzene rings is 2. The molecule has 1 unspecified atom stereocenters. The van der Waals surface area contributed by atoms with Crippen molar-refractivity contribution in [2.24, 2.45) is 0 Å². The third kappa shape index (κ3) is 3.47. The smallest absolute Gasteiger partial charge is 0.137 e. The monoisotopic (exact) mass is 357 g/mol. The number of likely N-dealkylation sites (N-methyl/N-ethyl adjacent to an activating group) is 1. The van der Waals surface area contributed by atoms with Gasteiger partial charge >= 0.3 is 0 Å². The second-order valence-corrected chi connectivity index (χ2v) is 5.74. The number of rotatable bonds is 4. The molecule has 5 heteroatoms. The zero-order chi connectivity index (χ0) is 15.6. The first-order chi connectivity index (χ1) is 9.93. The first-order valence-corrected chi connectivity index (χ1v) is 7.29. The maximum absolute atomic E-state index is 14.2. The molecule has 0 heterocycles. The molecule has 0 aliphatic rings. The van der Waals surface area contributed by atoms with E-state index in [-0.39, 0.29) is 11.4 Å². The van der Waals surface area contributed by atoms with Crippen molar-refractivity contribution in [2.45, 2.75) is 19.4 Å². The molecule has 2 rings (SSSR count). The van der Waals surface area contributed by atoms with Crippen LogP contribution in [0, 0.1) is 24.4 Å². The molecule has 2 aromatic carbocycles. The van der Waals surface area contributed by atoms with Crippen molar-refractivity contribution in [2.75, 3.05) is 7.05 Å². The van der Waals surface area contributed by atoms with Crippen LogP contribution >= 0.6 is 15.9 Å². The Kier molecular flexibility index (Phi) is 5.06. The molecule has 0 saturated heterocycles. The highest BCUT2D eigenvalue weighted by atomic mass is 79.9. The van der Waals surface area contributed by atoms with Crippen molar-refractivity contribution < 1.29 is 13.2 Å². The van der Waals surface area contributed by atoms with E-state index < -0.39 is 17.7 Å². The van der Waals surface area contributed by atoms with E-state index in [0.29, 0.717) is 16.5 Å². The Labute approximate surface area is 130 Å². The topological polar surface area (TPSA) is 12.0 Å². The predicted molar refractivity (Wildman–Crippen MR) is 80.7 cm³/mol. The first-order valence-electron chi connectivity index (χ1n) is 6.49. The summed E-state index contributed by atoms with van der Waals surface area (Å²) >= 11 is 3.11. The summed E-state index contributed by atoms with van der Waals surface area (Å²) in [5.41, 5.74) is 1.19. The standard InChI is InChI=1S/C16H15BrF3N/c1-9-3-5-13(19)15(16(9)20)14(21-2)8-10-4-6-12(18)11(17)7-10/h3-7,14,21H,8H2,1-2H3. The zero-order valence-corrected chi connectivity index (χ0v) is 13.3. The summed E-state index contributed by atoms with van der Waals surface area (Å²) in [6.45, 7) is 1.60. The lowest BCUT2D eigenvalue weighted by molar-refractivity contribution is 0.485. The fourth-order valence-corrected chi connectivity index (χ4v) is 2.67. The van der Waals surface area contributed by atoms with Gasteiger partial charge in [0.25, 0.3) is 0 Å². The van der Waals surface area contributed by atoms with Gasteiger partial charge in [-0.1, -0.05) is 12.1 Å². The summed E-state index contributed by atoms with van der Waals surface area (Å²) in [6.07, 6.45) is 0.354. The van der Waals surface area contributed by atoms with Crippen molar-refractivity contribution in [1.29, 1.82) is 0 Å². The van der Waals surface area contributed by atoms with Gasteiger partial charge in [0.15, 0.2) is 0 Å². The first kappa shape index (κ1) is 16.0. The largest absolute Gasteiger partial charge is 0.313 e. The number of halogens is 4. The van der Waals surface area contributed by atoms with Crippen LogP contribution in [0.5, 0.6) is 0 Å². The average Bonchev–Trinajstić information content (AvgIpc) is 2.46. The molecule has 0 spiro atoms. The van der Waals surface area contributed by atoms with E-state index >= 15 is 0 Å². The summed E-state index contributed by atoms with van der Waals surface area (Å²) < 4.78 is 41.7. The fraction of sp³-hybridized carbons (Fsp3) is 0.250. The maximum atomic E-state index is 14.2. The Morgan fingerprint density at radius 3 is 2.38 bits per heavy atom. The van der Waals surface area contributed by atoms with E-state index in [0.717, 1.165) is 5.56 Å². The Bertz CT molecular complexity index is 658. The van der Waals surface area contributed by atoms with Crippen LogP contribution in [-0.2, 0) is 6.42 Å². The molecule has 2 aromatic rings. The molecule has 1 atom stereocenters. The van der Waals surface area contributed by atoms with Crippen LogP contribution < -0.4 is 5.32 Å². The van der Waals surface area contributed by atoms with E-state index in [1.54, 1.807) is 26.1 Å². The normalized spacial score (nSPS) is 12.5. The minimum absolute atomic E-state index is 0.0120. The van der Waals surface area contributed by atoms with Gasteiger partial charge in [0.05, 0.1) is 4.47 Å². The molecule has 0 amide bonds. The summed E-state index contributed by atoms with van der Waals surface area (Å²) in [6, 6.07) is 6.70. The van der Waals surface area contributed by atoms with Crippen LogP contribution in [0.2, 0.25) is 0 Å². The van der Waals surface area contributed by atoms with Crippen molar-refractivity contribution in [3.8, 4) is 0 Å².